The van der Waals surface area contributed by atoms with E-state index >= 15 is 0 Å². The Morgan fingerprint density at radius 1 is 1.45 bits per heavy atom. The lowest BCUT2D eigenvalue weighted by molar-refractivity contribution is 0.522. The van der Waals surface area contributed by atoms with Gasteiger partial charge >= 0.3 is 0 Å². The largest absolute Gasteiger partial charge is 0.310 e. The third kappa shape index (κ3) is 4.26. The van der Waals surface area contributed by atoms with Gasteiger partial charge in [-0.25, -0.2) is 0 Å². The molecule has 1 aromatic carbocycles. The van der Waals surface area contributed by atoms with Crippen molar-refractivity contribution in [2.75, 3.05) is 6.54 Å². The van der Waals surface area contributed by atoms with E-state index in [1.165, 1.54) is 9.13 Å². The molecular weight excluding hydrogens is 431 g/mol. The van der Waals surface area contributed by atoms with Crippen LogP contribution in [0.4, 0.5) is 0 Å². The summed E-state index contributed by atoms with van der Waals surface area (Å²) in [6.07, 6.45) is 3.92. The minimum Gasteiger partial charge on any atom is -0.310 e. The fourth-order valence-electron chi connectivity index (χ4n) is 2.09. The van der Waals surface area contributed by atoms with E-state index in [2.05, 4.69) is 79.3 Å². The van der Waals surface area contributed by atoms with E-state index in [1.54, 1.807) is 4.68 Å². The van der Waals surface area contributed by atoms with Crippen molar-refractivity contribution in [3.05, 3.63) is 43.7 Å². The molecule has 0 bridgehead atoms. The number of benzene rings is 1. The molecule has 4 nitrogen and oxygen atoms in total. The molecule has 0 aliphatic heterocycles. The Hall–Kier alpha value is -0.470. The van der Waals surface area contributed by atoms with Crippen LogP contribution in [0.3, 0.4) is 0 Å². The second-order valence-electron chi connectivity index (χ2n) is 4.76. The number of hydrogen-bond donors (Lipinski definition) is 1. The SMILES string of the molecule is CCCNC(Cc1cn(C)nn1)c1cc(I)ccc1Br. The van der Waals surface area contributed by atoms with Gasteiger partial charge in [-0.2, -0.15) is 0 Å². The second-order valence-corrected chi connectivity index (χ2v) is 6.86. The molecule has 0 radical (unpaired) electrons. The highest BCUT2D eigenvalue weighted by atomic mass is 127. The first kappa shape index (κ1) is 15.9. The molecule has 2 rings (SSSR count). The summed E-state index contributed by atoms with van der Waals surface area (Å²) in [4.78, 5) is 0. The molecule has 0 aliphatic rings. The van der Waals surface area contributed by atoms with Crippen molar-refractivity contribution in [3.63, 3.8) is 0 Å². The summed E-state index contributed by atoms with van der Waals surface area (Å²) in [5, 5.41) is 11.8. The first-order chi connectivity index (χ1) is 9.60. The smallest absolute Gasteiger partial charge is 0.0845 e. The van der Waals surface area contributed by atoms with Gasteiger partial charge in [-0.1, -0.05) is 28.1 Å². The van der Waals surface area contributed by atoms with E-state index in [0.717, 1.165) is 29.6 Å². The van der Waals surface area contributed by atoms with Crippen molar-refractivity contribution in [1.82, 2.24) is 20.3 Å². The van der Waals surface area contributed by atoms with Gasteiger partial charge in [-0.05, 0) is 59.3 Å². The third-order valence-electron chi connectivity index (χ3n) is 3.04. The van der Waals surface area contributed by atoms with Gasteiger partial charge < -0.3 is 5.32 Å². The van der Waals surface area contributed by atoms with Gasteiger partial charge in [0.2, 0.25) is 0 Å². The van der Waals surface area contributed by atoms with Crippen LogP contribution < -0.4 is 5.32 Å². The average molecular weight is 449 g/mol. The van der Waals surface area contributed by atoms with Gasteiger partial charge in [0.15, 0.2) is 0 Å². The van der Waals surface area contributed by atoms with Gasteiger partial charge in [-0.3, -0.25) is 4.68 Å². The molecule has 0 aliphatic carbocycles. The number of nitrogens with zero attached hydrogens (tertiary/aromatic N) is 3. The first-order valence-corrected chi connectivity index (χ1v) is 8.51. The van der Waals surface area contributed by atoms with Crippen LogP contribution in [-0.2, 0) is 13.5 Å². The van der Waals surface area contributed by atoms with Crippen molar-refractivity contribution in [3.8, 4) is 0 Å². The fraction of sp³-hybridized carbons (Fsp3) is 0.429. The minimum atomic E-state index is 0.246. The molecule has 1 unspecified atom stereocenters. The summed E-state index contributed by atoms with van der Waals surface area (Å²) < 4.78 is 4.12. The Balaban J connectivity index is 2.24. The van der Waals surface area contributed by atoms with Crippen LogP contribution in [-0.4, -0.2) is 21.5 Å². The van der Waals surface area contributed by atoms with E-state index in [4.69, 9.17) is 0 Å². The maximum absolute atomic E-state index is 4.20. The first-order valence-electron chi connectivity index (χ1n) is 6.63. The van der Waals surface area contributed by atoms with Gasteiger partial charge in [0.25, 0.3) is 0 Å². The topological polar surface area (TPSA) is 42.7 Å². The van der Waals surface area contributed by atoms with Crippen LogP contribution in [0.15, 0.2) is 28.9 Å². The van der Waals surface area contributed by atoms with Crippen LogP contribution in [0.5, 0.6) is 0 Å². The zero-order chi connectivity index (χ0) is 14.5. The van der Waals surface area contributed by atoms with E-state index in [9.17, 15) is 0 Å². The molecule has 1 aromatic heterocycles. The molecule has 2 aromatic rings. The normalized spacial score (nSPS) is 12.6. The summed E-state index contributed by atoms with van der Waals surface area (Å²) in [6, 6.07) is 6.67. The van der Waals surface area contributed by atoms with Crippen molar-refractivity contribution in [2.45, 2.75) is 25.8 Å². The Morgan fingerprint density at radius 2 is 2.25 bits per heavy atom. The predicted molar refractivity (Wildman–Crippen MR) is 92.6 cm³/mol. The highest BCUT2D eigenvalue weighted by molar-refractivity contribution is 14.1. The molecule has 0 spiro atoms. The lowest BCUT2D eigenvalue weighted by Crippen LogP contribution is -2.24. The van der Waals surface area contributed by atoms with E-state index in [-0.39, 0.29) is 6.04 Å². The monoisotopic (exact) mass is 448 g/mol. The molecule has 0 amide bonds. The van der Waals surface area contributed by atoms with Gasteiger partial charge in [0.1, 0.15) is 0 Å². The molecular formula is C14H18BrIN4. The quantitative estimate of drug-likeness (QED) is 0.688. The van der Waals surface area contributed by atoms with Gasteiger partial charge in [0.05, 0.1) is 5.69 Å². The van der Waals surface area contributed by atoms with Crippen LogP contribution in [0.25, 0.3) is 0 Å². The van der Waals surface area contributed by atoms with E-state index in [0.29, 0.717) is 0 Å². The Kier molecular flexibility index (Phi) is 5.98. The fourth-order valence-corrected chi connectivity index (χ4v) is 3.13. The summed E-state index contributed by atoms with van der Waals surface area (Å²) in [5.74, 6) is 0. The molecule has 0 saturated carbocycles. The maximum atomic E-state index is 4.20. The van der Waals surface area contributed by atoms with Crippen LogP contribution >= 0.6 is 38.5 Å². The number of rotatable bonds is 6. The van der Waals surface area contributed by atoms with Crippen LogP contribution in [0.2, 0.25) is 0 Å². The lowest BCUT2D eigenvalue weighted by atomic mass is 10.0. The average Bonchev–Trinajstić information content (AvgIpc) is 2.83. The number of nitrogens with one attached hydrogen (secondary N) is 1. The van der Waals surface area contributed by atoms with Crippen LogP contribution in [0, 0.1) is 3.57 Å². The summed E-state index contributed by atoms with van der Waals surface area (Å²) in [6.45, 7) is 3.17. The van der Waals surface area contributed by atoms with Crippen molar-refractivity contribution in [2.24, 2.45) is 7.05 Å². The lowest BCUT2D eigenvalue weighted by Gasteiger charge is -2.19. The molecule has 1 heterocycles. The zero-order valence-corrected chi connectivity index (χ0v) is 15.3. The maximum Gasteiger partial charge on any atom is 0.0845 e. The van der Waals surface area contributed by atoms with Crippen molar-refractivity contribution in [1.29, 1.82) is 0 Å². The zero-order valence-electron chi connectivity index (χ0n) is 11.6. The molecule has 108 valence electrons. The summed E-state index contributed by atoms with van der Waals surface area (Å²) >= 11 is 6.00. The number of aryl methyl sites for hydroxylation is 1. The molecule has 1 atom stereocenters. The predicted octanol–water partition coefficient (Wildman–Crippen LogP) is 3.47. The standard InChI is InChI=1S/C14H18BrIN4/c1-3-6-17-14(8-11-9-20(2)19-18-11)12-7-10(16)4-5-13(12)15/h4-5,7,9,14,17H,3,6,8H2,1-2H3. The summed E-state index contributed by atoms with van der Waals surface area (Å²) in [5.41, 5.74) is 2.28. The van der Waals surface area contributed by atoms with Gasteiger partial charge in [0, 0.05) is 33.8 Å². The highest BCUT2D eigenvalue weighted by Gasteiger charge is 2.16. The Morgan fingerprint density at radius 3 is 2.90 bits per heavy atom. The number of halogens is 2. The molecule has 0 saturated heterocycles. The highest BCUT2D eigenvalue weighted by Crippen LogP contribution is 2.27. The molecule has 1 N–H and O–H groups in total. The van der Waals surface area contributed by atoms with Crippen molar-refractivity contribution >= 4 is 38.5 Å². The Bertz CT molecular complexity index is 570. The molecule has 0 fully saturated rings. The molecule has 6 heteroatoms. The van der Waals surface area contributed by atoms with E-state index < -0.39 is 0 Å². The number of hydrogen-bond acceptors (Lipinski definition) is 3. The molecule has 20 heavy (non-hydrogen) atoms. The van der Waals surface area contributed by atoms with Crippen molar-refractivity contribution < 1.29 is 0 Å². The Labute approximate surface area is 141 Å². The van der Waals surface area contributed by atoms with Crippen LogP contribution in [0.1, 0.15) is 30.6 Å². The number of aromatic nitrogens is 3. The second kappa shape index (κ2) is 7.51. The third-order valence-corrected chi connectivity index (χ3v) is 4.43. The van der Waals surface area contributed by atoms with Gasteiger partial charge in [-0.15, -0.1) is 5.10 Å². The summed E-state index contributed by atoms with van der Waals surface area (Å²) in [7, 11) is 1.90. The minimum absolute atomic E-state index is 0.246. The van der Waals surface area contributed by atoms with E-state index in [1.807, 2.05) is 13.2 Å².